The van der Waals surface area contributed by atoms with Gasteiger partial charge in [-0.05, 0) is 34.1 Å². The van der Waals surface area contributed by atoms with Gasteiger partial charge >= 0.3 is 0 Å². The topological polar surface area (TPSA) is 58.2 Å². The van der Waals surface area contributed by atoms with Crippen molar-refractivity contribution in [1.82, 2.24) is 4.72 Å². The first-order chi connectivity index (χ1) is 9.53. The molecule has 0 radical (unpaired) electrons. The summed E-state index contributed by atoms with van der Waals surface area (Å²) < 4.78 is 27.8. The van der Waals surface area contributed by atoms with E-state index in [0.717, 1.165) is 9.35 Å². The molecule has 2 rings (SSSR count). The quantitative estimate of drug-likeness (QED) is 0.814. The van der Waals surface area contributed by atoms with Crippen molar-refractivity contribution in [3.63, 3.8) is 0 Å². The van der Waals surface area contributed by atoms with Crippen LogP contribution in [0, 0.1) is 0 Å². The molecule has 1 heterocycles. The molecule has 2 aromatic rings. The molecule has 0 aliphatic heterocycles. The Labute approximate surface area is 131 Å². The van der Waals surface area contributed by atoms with Gasteiger partial charge in [0.1, 0.15) is 4.90 Å². The lowest BCUT2D eigenvalue weighted by Gasteiger charge is -2.12. The predicted molar refractivity (Wildman–Crippen MR) is 86.7 cm³/mol. The van der Waals surface area contributed by atoms with E-state index in [1.165, 1.54) is 0 Å². The fourth-order valence-corrected chi connectivity index (χ4v) is 4.36. The highest BCUT2D eigenvalue weighted by molar-refractivity contribution is 9.10. The Morgan fingerprint density at radius 1 is 1.30 bits per heavy atom. The lowest BCUT2D eigenvalue weighted by Crippen LogP contribution is -2.24. The molecule has 0 amide bonds. The van der Waals surface area contributed by atoms with Gasteiger partial charge in [-0.15, -0.1) is 11.3 Å². The van der Waals surface area contributed by atoms with Crippen LogP contribution < -0.4 is 10.0 Å². The number of rotatable bonds is 6. The van der Waals surface area contributed by atoms with Gasteiger partial charge in [0.05, 0.1) is 5.69 Å². The van der Waals surface area contributed by atoms with Crippen molar-refractivity contribution in [3.05, 3.63) is 45.1 Å². The van der Waals surface area contributed by atoms with Gasteiger partial charge in [-0.3, -0.25) is 0 Å². The van der Waals surface area contributed by atoms with Gasteiger partial charge < -0.3 is 5.32 Å². The molecule has 0 aliphatic carbocycles. The van der Waals surface area contributed by atoms with Crippen molar-refractivity contribution in [2.45, 2.75) is 18.4 Å². The molecule has 2 N–H and O–H groups in total. The molecule has 0 bridgehead atoms. The van der Waals surface area contributed by atoms with E-state index < -0.39 is 10.0 Å². The maximum absolute atomic E-state index is 12.1. The van der Waals surface area contributed by atoms with E-state index in [2.05, 4.69) is 26.0 Å². The normalized spacial score (nSPS) is 11.5. The summed E-state index contributed by atoms with van der Waals surface area (Å²) in [5.74, 6) is 0. The number of hydrogen-bond acceptors (Lipinski definition) is 4. The molecule has 1 aromatic carbocycles. The molecule has 0 saturated carbocycles. The highest BCUT2D eigenvalue weighted by atomic mass is 79.9. The maximum atomic E-state index is 12.1. The van der Waals surface area contributed by atoms with E-state index in [9.17, 15) is 8.42 Å². The van der Waals surface area contributed by atoms with Crippen LogP contribution in [0.3, 0.4) is 0 Å². The van der Waals surface area contributed by atoms with Gasteiger partial charge in [0.2, 0.25) is 10.0 Å². The van der Waals surface area contributed by atoms with Crippen molar-refractivity contribution >= 4 is 43.0 Å². The van der Waals surface area contributed by atoms with Crippen LogP contribution in [0.5, 0.6) is 0 Å². The zero-order valence-electron chi connectivity index (χ0n) is 10.9. The second kappa shape index (κ2) is 6.71. The van der Waals surface area contributed by atoms with Crippen molar-refractivity contribution < 1.29 is 8.42 Å². The van der Waals surface area contributed by atoms with Crippen molar-refractivity contribution in [1.29, 1.82) is 0 Å². The van der Waals surface area contributed by atoms with Crippen LogP contribution in [0.15, 0.2) is 45.1 Å². The van der Waals surface area contributed by atoms with Gasteiger partial charge in [-0.2, -0.15) is 0 Å². The molecular formula is C13H15BrN2O2S2. The van der Waals surface area contributed by atoms with Gasteiger partial charge in [0.15, 0.2) is 0 Å². The molecule has 0 saturated heterocycles. The Hall–Kier alpha value is -0.890. The molecule has 7 heteroatoms. The van der Waals surface area contributed by atoms with Crippen LogP contribution in [0.25, 0.3) is 0 Å². The molecule has 0 aliphatic rings. The predicted octanol–water partition coefficient (Wildman–Crippen LogP) is 3.42. The lowest BCUT2D eigenvalue weighted by molar-refractivity contribution is 0.584. The third-order valence-electron chi connectivity index (χ3n) is 2.59. The van der Waals surface area contributed by atoms with E-state index in [0.29, 0.717) is 18.8 Å². The van der Waals surface area contributed by atoms with E-state index >= 15 is 0 Å². The minimum Gasteiger partial charge on any atom is -0.379 e. The molecule has 0 unspecified atom stereocenters. The number of thiophene rings is 1. The standard InChI is InChI=1S/C13H15BrN2O2S2/c1-2-16-20(17,18)13-6-4-3-5-12(13)15-8-11-7-10(14)9-19-11/h3-7,9,15-16H,2,8H2,1H3. The first-order valence-corrected chi connectivity index (χ1v) is 9.24. The average molecular weight is 375 g/mol. The third kappa shape index (κ3) is 3.82. The number of hydrogen-bond donors (Lipinski definition) is 2. The smallest absolute Gasteiger partial charge is 0.242 e. The molecule has 0 fully saturated rings. The number of halogens is 1. The first kappa shape index (κ1) is 15.5. The Bertz CT molecular complexity index is 683. The van der Waals surface area contributed by atoms with Crippen molar-refractivity contribution in [2.24, 2.45) is 0 Å². The summed E-state index contributed by atoms with van der Waals surface area (Å²) >= 11 is 5.02. The van der Waals surface area contributed by atoms with E-state index in [4.69, 9.17) is 0 Å². The summed E-state index contributed by atoms with van der Waals surface area (Å²) in [6.07, 6.45) is 0. The summed E-state index contributed by atoms with van der Waals surface area (Å²) in [6.45, 7) is 2.72. The molecule has 20 heavy (non-hydrogen) atoms. The zero-order valence-corrected chi connectivity index (χ0v) is 14.1. The minimum absolute atomic E-state index is 0.275. The first-order valence-electron chi connectivity index (χ1n) is 6.08. The number of nitrogens with one attached hydrogen (secondary N) is 2. The summed E-state index contributed by atoms with van der Waals surface area (Å²) in [5.41, 5.74) is 0.609. The number of benzene rings is 1. The van der Waals surface area contributed by atoms with Crippen LogP contribution in [0.2, 0.25) is 0 Å². The third-order valence-corrected chi connectivity index (χ3v) is 5.89. The highest BCUT2D eigenvalue weighted by Gasteiger charge is 2.16. The van der Waals surface area contributed by atoms with Crippen LogP contribution in [-0.4, -0.2) is 15.0 Å². The lowest BCUT2D eigenvalue weighted by atomic mass is 10.3. The molecule has 0 atom stereocenters. The molecule has 0 spiro atoms. The Morgan fingerprint density at radius 2 is 2.05 bits per heavy atom. The number of para-hydroxylation sites is 1. The molecule has 4 nitrogen and oxygen atoms in total. The second-order valence-corrected chi connectivity index (χ2v) is 7.73. The monoisotopic (exact) mass is 374 g/mol. The van der Waals surface area contributed by atoms with Crippen LogP contribution in [0.4, 0.5) is 5.69 Å². The maximum Gasteiger partial charge on any atom is 0.242 e. The number of anilines is 1. The SMILES string of the molecule is CCNS(=O)(=O)c1ccccc1NCc1cc(Br)cs1. The molecular weight excluding hydrogens is 360 g/mol. The Morgan fingerprint density at radius 3 is 2.70 bits per heavy atom. The van der Waals surface area contributed by atoms with Gasteiger partial charge in [0, 0.05) is 27.8 Å². The Kier molecular flexibility index (Phi) is 5.20. The van der Waals surface area contributed by atoms with Gasteiger partial charge in [0.25, 0.3) is 0 Å². The molecule has 108 valence electrons. The summed E-state index contributed by atoms with van der Waals surface area (Å²) in [5, 5.41) is 5.18. The Balaban J connectivity index is 2.20. The summed E-state index contributed by atoms with van der Waals surface area (Å²) in [6, 6.07) is 8.92. The summed E-state index contributed by atoms with van der Waals surface area (Å²) in [7, 11) is -3.46. The summed E-state index contributed by atoms with van der Waals surface area (Å²) in [4.78, 5) is 1.41. The van der Waals surface area contributed by atoms with Crippen LogP contribution in [0.1, 0.15) is 11.8 Å². The van der Waals surface area contributed by atoms with E-state index in [1.54, 1.807) is 36.5 Å². The molecule has 1 aromatic heterocycles. The second-order valence-electron chi connectivity index (χ2n) is 4.08. The zero-order chi connectivity index (χ0) is 14.6. The van der Waals surface area contributed by atoms with E-state index in [1.807, 2.05) is 17.5 Å². The average Bonchev–Trinajstić information content (AvgIpc) is 2.82. The van der Waals surface area contributed by atoms with Gasteiger partial charge in [-0.25, -0.2) is 13.1 Å². The number of sulfonamides is 1. The minimum atomic E-state index is -3.46. The van der Waals surface area contributed by atoms with Crippen molar-refractivity contribution in [3.8, 4) is 0 Å². The van der Waals surface area contributed by atoms with Crippen LogP contribution >= 0.6 is 27.3 Å². The van der Waals surface area contributed by atoms with Crippen molar-refractivity contribution in [2.75, 3.05) is 11.9 Å². The van der Waals surface area contributed by atoms with Gasteiger partial charge in [-0.1, -0.05) is 19.1 Å². The van der Waals surface area contributed by atoms with Crippen LogP contribution in [-0.2, 0) is 16.6 Å². The fraction of sp³-hybridized carbons (Fsp3) is 0.231. The highest BCUT2D eigenvalue weighted by Crippen LogP contribution is 2.24. The largest absolute Gasteiger partial charge is 0.379 e. The fourth-order valence-electron chi connectivity index (χ4n) is 1.74. The van der Waals surface area contributed by atoms with E-state index in [-0.39, 0.29) is 4.90 Å².